The Bertz CT molecular complexity index is 196. The van der Waals surface area contributed by atoms with E-state index in [1.165, 1.54) is 51.9 Å². The molecule has 1 saturated carbocycles. The third-order valence-electron chi connectivity index (χ3n) is 4.28. The Hall–Kier alpha value is -0.120. The Morgan fingerprint density at radius 1 is 1.25 bits per heavy atom. The number of methoxy groups -OCH3 is 1. The minimum atomic E-state index is 0.527. The number of ether oxygens (including phenoxy) is 1. The summed E-state index contributed by atoms with van der Waals surface area (Å²) in [6.07, 6.45) is 5.70. The number of piperidine rings is 1. The maximum absolute atomic E-state index is 5.29. The van der Waals surface area contributed by atoms with Gasteiger partial charge in [0, 0.05) is 13.2 Å². The molecule has 0 spiro atoms. The van der Waals surface area contributed by atoms with Crippen molar-refractivity contribution >= 4 is 0 Å². The minimum absolute atomic E-state index is 0.527. The lowest BCUT2D eigenvalue weighted by molar-refractivity contribution is 0.0156. The van der Waals surface area contributed by atoms with E-state index in [-0.39, 0.29) is 0 Å². The molecule has 0 aromatic rings. The molecule has 0 atom stereocenters. The van der Waals surface area contributed by atoms with Crippen molar-refractivity contribution < 1.29 is 4.74 Å². The Morgan fingerprint density at radius 2 is 1.94 bits per heavy atom. The molecule has 1 aliphatic heterocycles. The zero-order chi connectivity index (χ0) is 11.4. The third kappa shape index (κ3) is 3.19. The molecule has 2 aliphatic rings. The molecule has 0 unspecified atom stereocenters. The van der Waals surface area contributed by atoms with E-state index in [4.69, 9.17) is 4.74 Å². The Labute approximate surface area is 99.5 Å². The fourth-order valence-electron chi connectivity index (χ4n) is 2.76. The first kappa shape index (κ1) is 12.3. The molecule has 3 heteroatoms. The van der Waals surface area contributed by atoms with Gasteiger partial charge in [-0.2, -0.15) is 0 Å². The Morgan fingerprint density at radius 3 is 2.50 bits per heavy atom. The Kier molecular flexibility index (Phi) is 4.62. The molecule has 0 aromatic carbocycles. The van der Waals surface area contributed by atoms with Crippen LogP contribution in [-0.2, 0) is 4.74 Å². The van der Waals surface area contributed by atoms with Crippen LogP contribution in [0.2, 0.25) is 0 Å². The summed E-state index contributed by atoms with van der Waals surface area (Å²) in [5.41, 5.74) is 0. The van der Waals surface area contributed by atoms with Crippen LogP contribution in [-0.4, -0.2) is 50.3 Å². The van der Waals surface area contributed by atoms with Gasteiger partial charge in [0.05, 0.1) is 6.10 Å². The van der Waals surface area contributed by atoms with Crippen LogP contribution in [0.15, 0.2) is 0 Å². The Balaban J connectivity index is 1.54. The summed E-state index contributed by atoms with van der Waals surface area (Å²) < 4.78 is 5.29. The zero-order valence-corrected chi connectivity index (χ0v) is 10.7. The molecule has 3 nitrogen and oxygen atoms in total. The van der Waals surface area contributed by atoms with Crippen LogP contribution in [0.3, 0.4) is 0 Å². The first-order valence-corrected chi connectivity index (χ1v) is 6.80. The fourth-order valence-corrected chi connectivity index (χ4v) is 2.76. The highest BCUT2D eigenvalue weighted by Gasteiger charge is 2.29. The van der Waals surface area contributed by atoms with Crippen LogP contribution in [0.4, 0.5) is 0 Å². The van der Waals surface area contributed by atoms with Crippen LogP contribution < -0.4 is 5.32 Å². The van der Waals surface area contributed by atoms with E-state index in [2.05, 4.69) is 17.1 Å². The van der Waals surface area contributed by atoms with Gasteiger partial charge in [0.15, 0.2) is 0 Å². The second-order valence-corrected chi connectivity index (χ2v) is 5.31. The molecule has 2 fully saturated rings. The molecule has 2 rings (SSSR count). The average Bonchev–Trinajstić information content (AvgIpc) is 2.28. The highest BCUT2D eigenvalue weighted by Crippen LogP contribution is 2.23. The van der Waals surface area contributed by atoms with Gasteiger partial charge in [-0.1, -0.05) is 6.92 Å². The molecule has 94 valence electrons. The first-order chi connectivity index (χ1) is 7.81. The highest BCUT2D eigenvalue weighted by atomic mass is 16.5. The van der Waals surface area contributed by atoms with Crippen molar-refractivity contribution in [1.29, 1.82) is 0 Å². The highest BCUT2D eigenvalue weighted by molar-refractivity contribution is 4.86. The van der Waals surface area contributed by atoms with E-state index in [0.717, 1.165) is 12.0 Å². The van der Waals surface area contributed by atoms with Crippen LogP contribution >= 0.6 is 0 Å². The number of hydrogen-bond acceptors (Lipinski definition) is 3. The van der Waals surface area contributed by atoms with Crippen molar-refractivity contribution in [3.63, 3.8) is 0 Å². The minimum Gasteiger partial charge on any atom is -0.381 e. The van der Waals surface area contributed by atoms with Crippen LogP contribution in [0.1, 0.15) is 32.6 Å². The molecule has 1 aliphatic carbocycles. The van der Waals surface area contributed by atoms with Crippen LogP contribution in [0, 0.1) is 5.92 Å². The van der Waals surface area contributed by atoms with E-state index in [0.29, 0.717) is 6.10 Å². The van der Waals surface area contributed by atoms with E-state index < -0.39 is 0 Å². The summed E-state index contributed by atoms with van der Waals surface area (Å²) in [4.78, 5) is 2.56. The SMILES string of the molecule is CCN1CCC(CNC2CC(OC)C2)CC1. The quantitative estimate of drug-likeness (QED) is 0.768. The van der Waals surface area contributed by atoms with Crippen molar-refractivity contribution in [3.05, 3.63) is 0 Å². The van der Waals surface area contributed by atoms with Crippen LogP contribution in [0.5, 0.6) is 0 Å². The lowest BCUT2D eigenvalue weighted by atomic mass is 9.88. The van der Waals surface area contributed by atoms with E-state index in [1.807, 2.05) is 7.11 Å². The van der Waals surface area contributed by atoms with Gasteiger partial charge in [0.2, 0.25) is 0 Å². The third-order valence-corrected chi connectivity index (χ3v) is 4.28. The van der Waals surface area contributed by atoms with Gasteiger partial charge in [-0.15, -0.1) is 0 Å². The maximum atomic E-state index is 5.29. The number of rotatable bonds is 5. The molecule has 1 heterocycles. The zero-order valence-electron chi connectivity index (χ0n) is 10.7. The largest absolute Gasteiger partial charge is 0.381 e. The lowest BCUT2D eigenvalue weighted by Crippen LogP contribution is -2.47. The normalized spacial score (nSPS) is 32.6. The van der Waals surface area contributed by atoms with Gasteiger partial charge in [0.1, 0.15) is 0 Å². The molecular formula is C13H26N2O. The molecular weight excluding hydrogens is 200 g/mol. The number of hydrogen-bond donors (Lipinski definition) is 1. The summed E-state index contributed by atoms with van der Waals surface area (Å²) in [6, 6.07) is 0.731. The molecule has 0 amide bonds. The monoisotopic (exact) mass is 226 g/mol. The van der Waals surface area contributed by atoms with Crippen molar-refractivity contribution in [2.75, 3.05) is 33.3 Å². The summed E-state index contributed by atoms with van der Waals surface area (Å²) in [5, 5.41) is 3.69. The van der Waals surface area contributed by atoms with Crippen molar-refractivity contribution in [2.45, 2.75) is 44.8 Å². The van der Waals surface area contributed by atoms with E-state index in [9.17, 15) is 0 Å². The first-order valence-electron chi connectivity index (χ1n) is 6.80. The molecule has 0 aromatic heterocycles. The van der Waals surface area contributed by atoms with Crippen LogP contribution in [0.25, 0.3) is 0 Å². The molecule has 0 radical (unpaired) electrons. The molecule has 16 heavy (non-hydrogen) atoms. The predicted octanol–water partition coefficient (Wildman–Crippen LogP) is 1.49. The summed E-state index contributed by atoms with van der Waals surface area (Å²) >= 11 is 0. The van der Waals surface area contributed by atoms with Crippen molar-refractivity contribution in [3.8, 4) is 0 Å². The number of nitrogens with zero attached hydrogens (tertiary/aromatic N) is 1. The van der Waals surface area contributed by atoms with Gasteiger partial charge < -0.3 is 15.0 Å². The van der Waals surface area contributed by atoms with Gasteiger partial charge in [-0.05, 0) is 57.8 Å². The summed E-state index contributed by atoms with van der Waals surface area (Å²) in [7, 11) is 1.82. The lowest BCUT2D eigenvalue weighted by Gasteiger charge is -2.37. The van der Waals surface area contributed by atoms with Gasteiger partial charge in [0.25, 0.3) is 0 Å². The topological polar surface area (TPSA) is 24.5 Å². The van der Waals surface area contributed by atoms with Crippen molar-refractivity contribution in [2.24, 2.45) is 5.92 Å². The predicted molar refractivity (Wildman–Crippen MR) is 66.7 cm³/mol. The number of nitrogens with one attached hydrogen (secondary N) is 1. The smallest absolute Gasteiger partial charge is 0.0601 e. The van der Waals surface area contributed by atoms with E-state index in [1.54, 1.807) is 0 Å². The van der Waals surface area contributed by atoms with Crippen molar-refractivity contribution in [1.82, 2.24) is 10.2 Å². The van der Waals surface area contributed by atoms with Gasteiger partial charge in [-0.25, -0.2) is 0 Å². The molecule has 1 saturated heterocycles. The maximum Gasteiger partial charge on any atom is 0.0601 e. The molecule has 1 N–H and O–H groups in total. The summed E-state index contributed by atoms with van der Waals surface area (Å²) in [5.74, 6) is 0.907. The van der Waals surface area contributed by atoms with Gasteiger partial charge in [-0.3, -0.25) is 0 Å². The fraction of sp³-hybridized carbons (Fsp3) is 1.00. The number of likely N-dealkylation sites (tertiary alicyclic amines) is 1. The second-order valence-electron chi connectivity index (χ2n) is 5.31. The summed E-state index contributed by atoms with van der Waals surface area (Å²) in [6.45, 7) is 7.30. The second kappa shape index (κ2) is 5.99. The van der Waals surface area contributed by atoms with Gasteiger partial charge >= 0.3 is 0 Å². The van der Waals surface area contributed by atoms with E-state index >= 15 is 0 Å². The molecule has 0 bridgehead atoms. The standard InChI is InChI=1S/C13H26N2O/c1-3-15-6-4-11(5-7-15)10-14-12-8-13(9-12)16-2/h11-14H,3-10H2,1-2H3. The average molecular weight is 226 g/mol.